The van der Waals surface area contributed by atoms with Gasteiger partial charge in [-0.1, -0.05) is 0 Å². The first-order chi connectivity index (χ1) is 9.69. The maximum absolute atomic E-state index is 12.0. The molecule has 1 saturated heterocycles. The molecule has 20 heavy (non-hydrogen) atoms. The number of hydrogen-bond donors (Lipinski definition) is 1. The molecule has 0 bridgehead atoms. The molecule has 0 radical (unpaired) electrons. The molecule has 0 unspecified atom stereocenters. The lowest BCUT2D eigenvalue weighted by Crippen LogP contribution is -2.30. The van der Waals surface area contributed by atoms with E-state index in [1.54, 1.807) is 24.1 Å². The van der Waals surface area contributed by atoms with Crippen molar-refractivity contribution in [2.75, 3.05) is 31.7 Å². The number of ether oxygens (including phenoxy) is 2. The van der Waals surface area contributed by atoms with Crippen LogP contribution in [0.3, 0.4) is 0 Å². The monoisotopic (exact) mass is 276 g/mol. The number of hydrogen-bond acceptors (Lipinski definition) is 4. The van der Waals surface area contributed by atoms with E-state index >= 15 is 0 Å². The third-order valence-corrected chi connectivity index (χ3v) is 3.58. The number of rotatable bonds is 2. The van der Waals surface area contributed by atoms with Crippen LogP contribution in [-0.2, 0) is 9.59 Å². The molecule has 2 heterocycles. The first kappa shape index (κ1) is 12.8. The summed E-state index contributed by atoms with van der Waals surface area (Å²) in [6.45, 7) is 1.44. The normalized spacial score (nSPS) is 20.9. The summed E-state index contributed by atoms with van der Waals surface area (Å²) in [5.41, 5.74) is 0.741. The van der Waals surface area contributed by atoms with Gasteiger partial charge in [0, 0.05) is 31.8 Å². The molecule has 3 rings (SSSR count). The zero-order valence-corrected chi connectivity index (χ0v) is 11.2. The molecule has 106 valence electrons. The van der Waals surface area contributed by atoms with Crippen LogP contribution in [0, 0.1) is 5.92 Å². The van der Waals surface area contributed by atoms with Crippen LogP contribution in [-0.4, -0.2) is 38.6 Å². The molecule has 0 spiro atoms. The highest BCUT2D eigenvalue weighted by Gasteiger charge is 2.35. The summed E-state index contributed by atoms with van der Waals surface area (Å²) in [6, 6.07) is 5.40. The highest BCUT2D eigenvalue weighted by molar-refractivity contribution is 6.00. The topological polar surface area (TPSA) is 67.9 Å². The smallest absolute Gasteiger partial charge is 0.227 e. The molecule has 6 heteroatoms. The van der Waals surface area contributed by atoms with E-state index in [0.717, 1.165) is 5.69 Å². The zero-order valence-electron chi connectivity index (χ0n) is 11.2. The molecular formula is C14H16N2O4. The second kappa shape index (κ2) is 5.03. The Morgan fingerprint density at radius 1 is 1.30 bits per heavy atom. The number of benzene rings is 1. The summed E-state index contributed by atoms with van der Waals surface area (Å²) in [5.74, 6) is 0.897. The number of nitrogens with one attached hydrogen (secondary N) is 1. The zero-order chi connectivity index (χ0) is 14.1. The lowest BCUT2D eigenvalue weighted by molar-refractivity contribution is -0.125. The lowest BCUT2D eigenvalue weighted by atomic mass is 10.1. The van der Waals surface area contributed by atoms with E-state index in [2.05, 4.69) is 5.32 Å². The van der Waals surface area contributed by atoms with Crippen LogP contribution < -0.4 is 19.7 Å². The van der Waals surface area contributed by atoms with Gasteiger partial charge in [0.05, 0.1) is 5.92 Å². The van der Waals surface area contributed by atoms with Crippen molar-refractivity contribution in [3.05, 3.63) is 18.2 Å². The van der Waals surface area contributed by atoms with E-state index in [-0.39, 0.29) is 24.2 Å². The standard InChI is InChI=1S/C14H16N2O4/c1-15-14(18)9-6-13(17)16(8-9)10-2-3-11-12(7-10)20-5-4-19-11/h2-3,7,9H,4-6,8H2,1H3,(H,15,18)/t9-/m1/s1. The second-order valence-electron chi connectivity index (χ2n) is 4.85. The summed E-state index contributed by atoms with van der Waals surface area (Å²) in [6.07, 6.45) is 0.244. The maximum Gasteiger partial charge on any atom is 0.227 e. The Kier molecular flexibility index (Phi) is 3.22. The number of carbonyl (C=O) groups is 2. The molecule has 0 saturated carbocycles. The van der Waals surface area contributed by atoms with Crippen molar-refractivity contribution in [2.24, 2.45) is 5.92 Å². The van der Waals surface area contributed by atoms with E-state index in [1.807, 2.05) is 6.07 Å². The van der Waals surface area contributed by atoms with Gasteiger partial charge in [-0.3, -0.25) is 9.59 Å². The van der Waals surface area contributed by atoms with Crippen LogP contribution in [0.15, 0.2) is 18.2 Å². The second-order valence-corrected chi connectivity index (χ2v) is 4.85. The van der Waals surface area contributed by atoms with Gasteiger partial charge in [-0.15, -0.1) is 0 Å². The Morgan fingerprint density at radius 2 is 2.05 bits per heavy atom. The van der Waals surface area contributed by atoms with Gasteiger partial charge in [-0.2, -0.15) is 0 Å². The summed E-state index contributed by atoms with van der Waals surface area (Å²) < 4.78 is 11.0. The Hall–Kier alpha value is -2.24. The largest absolute Gasteiger partial charge is 0.486 e. The van der Waals surface area contributed by atoms with Crippen LogP contribution in [0.1, 0.15) is 6.42 Å². The molecule has 2 amide bonds. The molecule has 1 aromatic rings. The van der Waals surface area contributed by atoms with Crippen molar-refractivity contribution in [3.8, 4) is 11.5 Å². The molecular weight excluding hydrogens is 260 g/mol. The molecule has 1 aromatic carbocycles. The van der Waals surface area contributed by atoms with Crippen molar-refractivity contribution < 1.29 is 19.1 Å². The number of carbonyl (C=O) groups excluding carboxylic acids is 2. The van der Waals surface area contributed by atoms with Gasteiger partial charge >= 0.3 is 0 Å². The van der Waals surface area contributed by atoms with Crippen LogP contribution in [0.25, 0.3) is 0 Å². The predicted molar refractivity (Wildman–Crippen MR) is 72.0 cm³/mol. The summed E-state index contributed by atoms with van der Waals surface area (Å²) >= 11 is 0. The van der Waals surface area contributed by atoms with E-state index in [4.69, 9.17) is 9.47 Å². The third kappa shape index (κ3) is 2.17. The minimum absolute atomic E-state index is 0.0460. The first-order valence-corrected chi connectivity index (χ1v) is 6.60. The quantitative estimate of drug-likeness (QED) is 0.857. The predicted octanol–water partition coefficient (Wildman–Crippen LogP) is 0.557. The SMILES string of the molecule is CNC(=O)[C@@H]1CC(=O)N(c2ccc3c(c2)OCCO3)C1. The minimum Gasteiger partial charge on any atom is -0.486 e. The number of fused-ring (bicyclic) bond motifs is 1. The maximum atomic E-state index is 12.0. The fourth-order valence-electron chi connectivity index (χ4n) is 2.54. The van der Waals surface area contributed by atoms with E-state index in [1.165, 1.54) is 0 Å². The minimum atomic E-state index is -0.291. The van der Waals surface area contributed by atoms with E-state index in [0.29, 0.717) is 31.3 Å². The lowest BCUT2D eigenvalue weighted by Gasteiger charge is -2.22. The summed E-state index contributed by atoms with van der Waals surface area (Å²) in [5, 5.41) is 2.59. The molecule has 1 fully saturated rings. The van der Waals surface area contributed by atoms with Crippen molar-refractivity contribution >= 4 is 17.5 Å². The van der Waals surface area contributed by atoms with Gasteiger partial charge in [0.2, 0.25) is 11.8 Å². The number of nitrogens with zero attached hydrogens (tertiary/aromatic N) is 1. The van der Waals surface area contributed by atoms with Gasteiger partial charge in [-0.05, 0) is 12.1 Å². The van der Waals surface area contributed by atoms with Crippen molar-refractivity contribution in [1.29, 1.82) is 0 Å². The summed E-state index contributed by atoms with van der Waals surface area (Å²) in [4.78, 5) is 25.3. The molecule has 6 nitrogen and oxygen atoms in total. The van der Waals surface area contributed by atoms with Gasteiger partial charge in [0.1, 0.15) is 13.2 Å². The molecule has 0 aromatic heterocycles. The average molecular weight is 276 g/mol. The number of anilines is 1. The van der Waals surface area contributed by atoms with Gasteiger partial charge in [0.25, 0.3) is 0 Å². The Morgan fingerprint density at radius 3 is 2.80 bits per heavy atom. The average Bonchev–Trinajstić information content (AvgIpc) is 2.88. The molecule has 0 aliphatic carbocycles. The van der Waals surface area contributed by atoms with Crippen LogP contribution in [0.2, 0.25) is 0 Å². The van der Waals surface area contributed by atoms with Gasteiger partial charge < -0.3 is 19.7 Å². The first-order valence-electron chi connectivity index (χ1n) is 6.60. The van der Waals surface area contributed by atoms with Gasteiger partial charge in [0.15, 0.2) is 11.5 Å². The van der Waals surface area contributed by atoms with Crippen molar-refractivity contribution in [3.63, 3.8) is 0 Å². The van der Waals surface area contributed by atoms with Crippen molar-refractivity contribution in [1.82, 2.24) is 5.32 Å². The van der Waals surface area contributed by atoms with Crippen LogP contribution in [0.5, 0.6) is 11.5 Å². The third-order valence-electron chi connectivity index (χ3n) is 3.58. The van der Waals surface area contributed by atoms with Gasteiger partial charge in [-0.25, -0.2) is 0 Å². The van der Waals surface area contributed by atoms with Crippen LogP contribution >= 0.6 is 0 Å². The van der Waals surface area contributed by atoms with Crippen LogP contribution in [0.4, 0.5) is 5.69 Å². The van der Waals surface area contributed by atoms with E-state index < -0.39 is 0 Å². The Bertz CT molecular complexity index is 558. The molecule has 2 aliphatic rings. The molecule has 1 N–H and O–H groups in total. The fraction of sp³-hybridized carbons (Fsp3) is 0.429. The highest BCUT2D eigenvalue weighted by Crippen LogP contribution is 2.35. The fourth-order valence-corrected chi connectivity index (χ4v) is 2.54. The Balaban J connectivity index is 1.82. The Labute approximate surface area is 116 Å². The highest BCUT2D eigenvalue weighted by atomic mass is 16.6. The van der Waals surface area contributed by atoms with Crippen molar-refractivity contribution in [2.45, 2.75) is 6.42 Å². The number of amides is 2. The molecule has 1 atom stereocenters. The van der Waals surface area contributed by atoms with E-state index in [9.17, 15) is 9.59 Å². The summed E-state index contributed by atoms with van der Waals surface area (Å²) in [7, 11) is 1.58. The molecule has 2 aliphatic heterocycles.